The maximum absolute atomic E-state index is 13.4. The van der Waals surface area contributed by atoms with Gasteiger partial charge in [0.1, 0.15) is 11.3 Å². The van der Waals surface area contributed by atoms with Crippen LogP contribution in [0.15, 0.2) is 30.6 Å². The molecule has 1 saturated heterocycles. The smallest absolute Gasteiger partial charge is 0.283 e. The lowest BCUT2D eigenvalue weighted by atomic mass is 10.1. The molecule has 3 rings (SSSR count). The average Bonchev–Trinajstić information content (AvgIpc) is 2.66. The molecule has 1 aliphatic rings. The number of nitrogens with zero attached hydrogens (tertiary/aromatic N) is 2. The van der Waals surface area contributed by atoms with E-state index in [9.17, 15) is 23.7 Å². The Balaban J connectivity index is 0.000000369. The van der Waals surface area contributed by atoms with Crippen LogP contribution >= 0.6 is 11.6 Å². The Bertz CT molecular complexity index is 802. The molecule has 0 aliphatic carbocycles. The van der Waals surface area contributed by atoms with E-state index in [1.807, 2.05) is 5.32 Å². The number of ether oxygens (including phenoxy) is 2. The molecule has 0 atom stereocenters. The number of hydrogen-bond acceptors (Lipinski definition) is 6. The summed E-state index contributed by atoms with van der Waals surface area (Å²) >= 11 is 5.75. The van der Waals surface area contributed by atoms with Gasteiger partial charge in [-0.2, -0.15) is 0 Å². The highest BCUT2D eigenvalue weighted by Gasteiger charge is 2.25. The van der Waals surface area contributed by atoms with Gasteiger partial charge in [-0.05, 0) is 6.07 Å². The maximum Gasteiger partial charge on any atom is 0.283 e. The molecule has 1 N–H and O–H groups in total. The van der Waals surface area contributed by atoms with Crippen molar-refractivity contribution in [2.24, 2.45) is 0 Å². The standard InChI is InChI=1S/C12H6ClF2N3O3.C4H8O2/c13-6-2-1-3-9(18(20)21)10(6)12(19)17-11-7(14)4-16-5-8(11)15;1-2-6-4-3-5-1/h1-5H,(H,16,17,19);1-4H2. The average molecular weight is 402 g/mol. The van der Waals surface area contributed by atoms with E-state index < -0.39 is 39.4 Å². The highest BCUT2D eigenvalue weighted by molar-refractivity contribution is 6.35. The van der Waals surface area contributed by atoms with Gasteiger partial charge in [-0.15, -0.1) is 0 Å². The summed E-state index contributed by atoms with van der Waals surface area (Å²) in [6.45, 7) is 3.11. The number of carbonyl (C=O) groups excluding carboxylic acids is 1. The zero-order chi connectivity index (χ0) is 19.8. The third-order valence-electron chi connectivity index (χ3n) is 3.25. The van der Waals surface area contributed by atoms with Crippen LogP contribution in [0.25, 0.3) is 0 Å². The molecule has 2 heterocycles. The lowest BCUT2D eigenvalue weighted by Crippen LogP contribution is -2.16. The summed E-state index contributed by atoms with van der Waals surface area (Å²) in [5.41, 5.74) is -1.82. The van der Waals surface area contributed by atoms with Crippen LogP contribution in [0.3, 0.4) is 0 Å². The molecule has 1 aliphatic heterocycles. The first-order valence-electron chi connectivity index (χ1n) is 7.60. The van der Waals surface area contributed by atoms with Crippen molar-refractivity contribution in [2.45, 2.75) is 0 Å². The number of carbonyl (C=O) groups is 1. The number of nitro groups is 1. The summed E-state index contributed by atoms with van der Waals surface area (Å²) in [6, 6.07) is 3.59. The van der Waals surface area contributed by atoms with E-state index in [1.165, 1.54) is 12.1 Å². The molecule has 0 radical (unpaired) electrons. The number of halogens is 3. The molecule has 0 saturated carbocycles. The number of hydrogen-bond donors (Lipinski definition) is 1. The zero-order valence-electron chi connectivity index (χ0n) is 13.8. The van der Waals surface area contributed by atoms with E-state index in [0.29, 0.717) is 12.4 Å². The number of benzene rings is 1. The number of nitrogens with one attached hydrogen (secondary N) is 1. The molecule has 1 aromatic carbocycles. The molecule has 27 heavy (non-hydrogen) atoms. The van der Waals surface area contributed by atoms with E-state index in [1.54, 1.807) is 0 Å². The fourth-order valence-corrected chi connectivity index (χ4v) is 2.29. The van der Waals surface area contributed by atoms with Crippen LogP contribution in [0.2, 0.25) is 5.02 Å². The van der Waals surface area contributed by atoms with Crippen molar-refractivity contribution in [2.75, 3.05) is 31.7 Å². The number of pyridine rings is 1. The van der Waals surface area contributed by atoms with Gasteiger partial charge in [0.25, 0.3) is 11.6 Å². The van der Waals surface area contributed by atoms with Gasteiger partial charge < -0.3 is 14.8 Å². The minimum atomic E-state index is -1.11. The summed E-state index contributed by atoms with van der Waals surface area (Å²) in [7, 11) is 0. The second kappa shape index (κ2) is 9.86. The van der Waals surface area contributed by atoms with Crippen molar-refractivity contribution in [3.8, 4) is 0 Å². The third kappa shape index (κ3) is 5.64. The number of aromatic nitrogens is 1. The van der Waals surface area contributed by atoms with Crippen molar-refractivity contribution in [3.63, 3.8) is 0 Å². The van der Waals surface area contributed by atoms with Gasteiger partial charge >= 0.3 is 0 Å². The molecule has 2 aromatic rings. The number of nitro benzene ring substituents is 1. The first-order valence-corrected chi connectivity index (χ1v) is 7.98. The normalized spacial score (nSPS) is 13.3. The van der Waals surface area contributed by atoms with Crippen LogP contribution in [0.4, 0.5) is 20.2 Å². The van der Waals surface area contributed by atoms with Gasteiger partial charge in [-0.1, -0.05) is 17.7 Å². The monoisotopic (exact) mass is 401 g/mol. The molecule has 0 bridgehead atoms. The largest absolute Gasteiger partial charge is 0.377 e. The van der Waals surface area contributed by atoms with Crippen LogP contribution in [0.1, 0.15) is 10.4 Å². The molecule has 1 fully saturated rings. The Morgan fingerprint density at radius 2 is 1.70 bits per heavy atom. The molecule has 8 nitrogen and oxygen atoms in total. The molecule has 1 aromatic heterocycles. The van der Waals surface area contributed by atoms with Crippen LogP contribution in [-0.4, -0.2) is 42.2 Å². The summed E-state index contributed by atoms with van der Waals surface area (Å²) < 4.78 is 36.7. The third-order valence-corrected chi connectivity index (χ3v) is 3.57. The Labute approximate surface area is 157 Å². The van der Waals surface area contributed by atoms with Crippen molar-refractivity contribution < 1.29 is 28.0 Å². The summed E-state index contributed by atoms with van der Waals surface area (Å²) in [6.07, 6.45) is 1.39. The van der Waals surface area contributed by atoms with Crippen LogP contribution in [0.5, 0.6) is 0 Å². The van der Waals surface area contributed by atoms with Gasteiger partial charge in [0, 0.05) is 6.07 Å². The quantitative estimate of drug-likeness (QED) is 0.625. The topological polar surface area (TPSA) is 104 Å². The Morgan fingerprint density at radius 1 is 1.15 bits per heavy atom. The zero-order valence-corrected chi connectivity index (χ0v) is 14.5. The lowest BCUT2D eigenvalue weighted by molar-refractivity contribution is -0.385. The molecule has 11 heteroatoms. The van der Waals surface area contributed by atoms with E-state index in [0.717, 1.165) is 32.5 Å². The summed E-state index contributed by atoms with van der Waals surface area (Å²) in [5, 5.41) is 12.6. The number of amides is 1. The Hall–Kier alpha value is -2.69. The van der Waals surface area contributed by atoms with Gasteiger partial charge in [0.15, 0.2) is 11.6 Å². The second-order valence-corrected chi connectivity index (χ2v) is 5.46. The van der Waals surface area contributed by atoms with Crippen molar-refractivity contribution in [1.82, 2.24) is 4.98 Å². The van der Waals surface area contributed by atoms with Gasteiger partial charge in [-0.25, -0.2) is 8.78 Å². The molecular weight excluding hydrogens is 388 g/mol. The fraction of sp³-hybridized carbons (Fsp3) is 0.250. The highest BCUT2D eigenvalue weighted by Crippen LogP contribution is 2.28. The Kier molecular flexibility index (Phi) is 7.53. The number of anilines is 1. The van der Waals surface area contributed by atoms with Gasteiger partial charge in [-0.3, -0.25) is 19.9 Å². The predicted octanol–water partition coefficient (Wildman–Crippen LogP) is 3.21. The first kappa shape index (κ1) is 20.6. The van der Waals surface area contributed by atoms with Gasteiger partial charge in [0.05, 0.1) is 48.8 Å². The van der Waals surface area contributed by atoms with E-state index >= 15 is 0 Å². The van der Waals surface area contributed by atoms with E-state index in [-0.39, 0.29) is 5.02 Å². The Morgan fingerprint density at radius 3 is 2.19 bits per heavy atom. The second-order valence-electron chi connectivity index (χ2n) is 5.05. The van der Waals surface area contributed by atoms with Gasteiger partial charge in [0.2, 0.25) is 0 Å². The minimum absolute atomic E-state index is 0.212. The van der Waals surface area contributed by atoms with E-state index in [4.69, 9.17) is 21.1 Å². The lowest BCUT2D eigenvalue weighted by Gasteiger charge is -2.09. The van der Waals surface area contributed by atoms with Crippen molar-refractivity contribution >= 4 is 28.9 Å². The molecule has 0 spiro atoms. The van der Waals surface area contributed by atoms with E-state index in [2.05, 4.69) is 4.98 Å². The van der Waals surface area contributed by atoms with Crippen LogP contribution in [0, 0.1) is 21.7 Å². The van der Waals surface area contributed by atoms with Crippen LogP contribution in [-0.2, 0) is 9.47 Å². The first-order chi connectivity index (χ1) is 12.9. The fourth-order valence-electron chi connectivity index (χ4n) is 2.04. The van der Waals surface area contributed by atoms with Crippen LogP contribution < -0.4 is 5.32 Å². The molecule has 144 valence electrons. The molecular formula is C16H14ClF2N3O5. The molecule has 1 amide bonds. The SMILES string of the molecule is C1COCCO1.O=C(Nc1c(F)cncc1F)c1c(Cl)cccc1[N+](=O)[O-]. The number of rotatable bonds is 3. The maximum atomic E-state index is 13.4. The van der Waals surface area contributed by atoms with Crippen molar-refractivity contribution in [3.05, 3.63) is 62.9 Å². The predicted molar refractivity (Wildman–Crippen MR) is 91.9 cm³/mol. The summed E-state index contributed by atoms with van der Waals surface area (Å²) in [5.74, 6) is -3.33. The summed E-state index contributed by atoms with van der Waals surface area (Å²) in [4.78, 5) is 25.3. The minimum Gasteiger partial charge on any atom is -0.377 e. The van der Waals surface area contributed by atoms with Crippen molar-refractivity contribution in [1.29, 1.82) is 0 Å². The highest BCUT2D eigenvalue weighted by atomic mass is 35.5. The molecule has 0 unspecified atom stereocenters.